The van der Waals surface area contributed by atoms with Crippen LogP contribution in [0.3, 0.4) is 0 Å². The minimum Gasteiger partial charge on any atom is -0.383 e. The van der Waals surface area contributed by atoms with E-state index >= 15 is 0 Å². The lowest BCUT2D eigenvalue weighted by Crippen LogP contribution is -2.35. The molecular weight excluding hydrogens is 274 g/mol. The molecule has 1 heterocycles. The molecule has 0 radical (unpaired) electrons. The SMILES string of the molecule is CCN(Cc1sccc1Br)C(C)COC. The Hall–Kier alpha value is 0.1000. The van der Waals surface area contributed by atoms with E-state index in [0.29, 0.717) is 6.04 Å². The van der Waals surface area contributed by atoms with Crippen molar-refractivity contribution in [3.05, 3.63) is 20.8 Å². The maximum Gasteiger partial charge on any atom is 0.0615 e. The van der Waals surface area contributed by atoms with Crippen molar-refractivity contribution in [2.24, 2.45) is 0 Å². The van der Waals surface area contributed by atoms with Gasteiger partial charge in [0, 0.05) is 29.0 Å². The first-order valence-electron chi connectivity index (χ1n) is 5.13. The van der Waals surface area contributed by atoms with Crippen molar-refractivity contribution >= 4 is 27.3 Å². The fraction of sp³-hybridized carbons (Fsp3) is 0.636. The van der Waals surface area contributed by atoms with E-state index in [4.69, 9.17) is 4.74 Å². The molecule has 1 rings (SSSR count). The van der Waals surface area contributed by atoms with Gasteiger partial charge in [0.25, 0.3) is 0 Å². The van der Waals surface area contributed by atoms with E-state index in [0.717, 1.165) is 19.7 Å². The molecule has 0 aromatic carbocycles. The van der Waals surface area contributed by atoms with Crippen molar-refractivity contribution in [3.8, 4) is 0 Å². The van der Waals surface area contributed by atoms with Gasteiger partial charge in [0.15, 0.2) is 0 Å². The Morgan fingerprint density at radius 2 is 2.33 bits per heavy atom. The van der Waals surface area contributed by atoms with Crippen molar-refractivity contribution in [2.75, 3.05) is 20.3 Å². The van der Waals surface area contributed by atoms with Gasteiger partial charge in [-0.15, -0.1) is 11.3 Å². The minimum atomic E-state index is 0.467. The van der Waals surface area contributed by atoms with E-state index in [1.54, 1.807) is 18.4 Å². The van der Waals surface area contributed by atoms with Gasteiger partial charge < -0.3 is 4.74 Å². The molecule has 0 bridgehead atoms. The van der Waals surface area contributed by atoms with E-state index in [2.05, 4.69) is 46.1 Å². The Morgan fingerprint density at radius 3 is 2.80 bits per heavy atom. The van der Waals surface area contributed by atoms with Gasteiger partial charge >= 0.3 is 0 Å². The highest BCUT2D eigenvalue weighted by molar-refractivity contribution is 9.10. The van der Waals surface area contributed by atoms with Crippen LogP contribution in [0.15, 0.2) is 15.9 Å². The summed E-state index contributed by atoms with van der Waals surface area (Å²) >= 11 is 5.36. The van der Waals surface area contributed by atoms with Crippen LogP contribution in [-0.2, 0) is 11.3 Å². The fourth-order valence-corrected chi connectivity index (χ4v) is 3.05. The largest absolute Gasteiger partial charge is 0.383 e. The number of methoxy groups -OCH3 is 1. The molecule has 86 valence electrons. The summed E-state index contributed by atoms with van der Waals surface area (Å²) in [6.45, 7) is 7.23. The predicted molar refractivity (Wildman–Crippen MR) is 69.4 cm³/mol. The summed E-state index contributed by atoms with van der Waals surface area (Å²) in [7, 11) is 1.76. The summed E-state index contributed by atoms with van der Waals surface area (Å²) in [5.41, 5.74) is 0. The Balaban J connectivity index is 2.57. The number of rotatable bonds is 6. The van der Waals surface area contributed by atoms with Crippen LogP contribution in [0.1, 0.15) is 18.7 Å². The third kappa shape index (κ3) is 3.87. The Morgan fingerprint density at radius 1 is 1.60 bits per heavy atom. The molecule has 4 heteroatoms. The van der Waals surface area contributed by atoms with Crippen LogP contribution >= 0.6 is 27.3 Å². The quantitative estimate of drug-likeness (QED) is 0.797. The molecule has 1 atom stereocenters. The first-order valence-corrected chi connectivity index (χ1v) is 6.81. The van der Waals surface area contributed by atoms with Crippen LogP contribution in [0.2, 0.25) is 0 Å². The van der Waals surface area contributed by atoms with Gasteiger partial charge in [-0.05, 0) is 40.8 Å². The van der Waals surface area contributed by atoms with E-state index in [9.17, 15) is 0 Å². The van der Waals surface area contributed by atoms with Crippen molar-refractivity contribution in [2.45, 2.75) is 26.4 Å². The van der Waals surface area contributed by atoms with Gasteiger partial charge in [-0.1, -0.05) is 6.92 Å². The van der Waals surface area contributed by atoms with Crippen molar-refractivity contribution in [3.63, 3.8) is 0 Å². The fourth-order valence-electron chi connectivity index (χ4n) is 1.55. The third-order valence-electron chi connectivity index (χ3n) is 2.48. The molecule has 0 aliphatic rings. The van der Waals surface area contributed by atoms with Gasteiger partial charge in [0.1, 0.15) is 0 Å². The summed E-state index contributed by atoms with van der Waals surface area (Å²) in [5, 5.41) is 2.12. The van der Waals surface area contributed by atoms with Gasteiger partial charge in [-0.3, -0.25) is 4.90 Å². The molecule has 1 aromatic heterocycles. The smallest absolute Gasteiger partial charge is 0.0615 e. The molecular formula is C11H18BrNOS. The zero-order valence-corrected chi connectivity index (χ0v) is 11.9. The first kappa shape index (κ1) is 13.2. The van der Waals surface area contributed by atoms with Crippen LogP contribution in [0.4, 0.5) is 0 Å². The van der Waals surface area contributed by atoms with Crippen LogP contribution in [0, 0.1) is 0 Å². The molecule has 0 fully saturated rings. The normalized spacial score (nSPS) is 13.4. The van der Waals surface area contributed by atoms with Gasteiger partial charge in [-0.25, -0.2) is 0 Å². The molecule has 0 saturated carbocycles. The highest BCUT2D eigenvalue weighted by atomic mass is 79.9. The van der Waals surface area contributed by atoms with Crippen LogP contribution in [0.25, 0.3) is 0 Å². The van der Waals surface area contributed by atoms with Gasteiger partial charge in [0.05, 0.1) is 6.61 Å². The molecule has 0 amide bonds. The second-order valence-electron chi connectivity index (χ2n) is 3.56. The van der Waals surface area contributed by atoms with Crippen LogP contribution < -0.4 is 0 Å². The van der Waals surface area contributed by atoms with E-state index in [-0.39, 0.29) is 0 Å². The summed E-state index contributed by atoms with van der Waals surface area (Å²) in [6.07, 6.45) is 0. The lowest BCUT2D eigenvalue weighted by atomic mass is 10.3. The summed E-state index contributed by atoms with van der Waals surface area (Å²) in [6, 6.07) is 2.57. The molecule has 0 aliphatic heterocycles. The minimum absolute atomic E-state index is 0.467. The highest BCUT2D eigenvalue weighted by Crippen LogP contribution is 2.24. The summed E-state index contributed by atoms with van der Waals surface area (Å²) in [5.74, 6) is 0. The zero-order valence-electron chi connectivity index (χ0n) is 9.50. The monoisotopic (exact) mass is 291 g/mol. The zero-order chi connectivity index (χ0) is 11.3. The predicted octanol–water partition coefficient (Wildman–Crippen LogP) is 3.37. The second-order valence-corrected chi connectivity index (χ2v) is 5.41. The highest BCUT2D eigenvalue weighted by Gasteiger charge is 2.14. The van der Waals surface area contributed by atoms with E-state index < -0.39 is 0 Å². The Bertz CT molecular complexity index is 290. The molecule has 0 aliphatic carbocycles. The van der Waals surface area contributed by atoms with Crippen molar-refractivity contribution < 1.29 is 4.74 Å². The number of hydrogen-bond donors (Lipinski definition) is 0. The van der Waals surface area contributed by atoms with E-state index in [1.165, 1.54) is 9.35 Å². The standard InChI is InChI=1S/C11H18BrNOS/c1-4-13(9(2)8-14-3)7-11-10(12)5-6-15-11/h5-6,9H,4,7-8H2,1-3H3. The van der Waals surface area contributed by atoms with Gasteiger partial charge in [0.2, 0.25) is 0 Å². The van der Waals surface area contributed by atoms with Crippen molar-refractivity contribution in [1.29, 1.82) is 0 Å². The lowest BCUT2D eigenvalue weighted by molar-refractivity contribution is 0.0987. The number of halogens is 1. The average Bonchev–Trinajstić information content (AvgIpc) is 2.61. The van der Waals surface area contributed by atoms with Gasteiger partial charge in [-0.2, -0.15) is 0 Å². The molecule has 1 aromatic rings. The Kier molecular flexibility index (Phi) is 5.82. The van der Waals surface area contributed by atoms with E-state index in [1.807, 2.05) is 0 Å². The Labute approximate surface area is 104 Å². The molecule has 15 heavy (non-hydrogen) atoms. The maximum atomic E-state index is 5.19. The van der Waals surface area contributed by atoms with Crippen molar-refractivity contribution in [1.82, 2.24) is 4.90 Å². The second kappa shape index (κ2) is 6.63. The first-order chi connectivity index (χ1) is 7.19. The molecule has 2 nitrogen and oxygen atoms in total. The summed E-state index contributed by atoms with van der Waals surface area (Å²) in [4.78, 5) is 3.81. The molecule has 0 spiro atoms. The number of ether oxygens (including phenoxy) is 1. The molecule has 1 unspecified atom stereocenters. The molecule has 0 N–H and O–H groups in total. The summed E-state index contributed by atoms with van der Waals surface area (Å²) < 4.78 is 6.40. The number of likely N-dealkylation sites (N-methyl/N-ethyl adjacent to an activating group) is 1. The van der Waals surface area contributed by atoms with Crippen LogP contribution in [0.5, 0.6) is 0 Å². The number of nitrogens with zero attached hydrogens (tertiary/aromatic N) is 1. The van der Waals surface area contributed by atoms with Crippen LogP contribution in [-0.4, -0.2) is 31.2 Å². The maximum absolute atomic E-state index is 5.19. The number of thiophene rings is 1. The lowest BCUT2D eigenvalue weighted by Gasteiger charge is -2.26. The average molecular weight is 292 g/mol. The third-order valence-corrected chi connectivity index (χ3v) is 4.39. The number of hydrogen-bond acceptors (Lipinski definition) is 3. The molecule has 0 saturated heterocycles. The topological polar surface area (TPSA) is 12.5 Å².